The molecule has 118 valence electrons. The topological polar surface area (TPSA) is 69.4 Å². The van der Waals surface area contributed by atoms with Gasteiger partial charge in [0.15, 0.2) is 0 Å². The molecule has 0 radical (unpaired) electrons. The smallest absolute Gasteiger partial charge is 0.238 e. The fraction of sp³-hybridized carbons (Fsp3) is 0.625. The molecule has 1 aromatic rings. The molecule has 0 aliphatic heterocycles. The Labute approximate surface area is 127 Å². The van der Waals surface area contributed by atoms with Crippen molar-refractivity contribution in [2.45, 2.75) is 58.0 Å². The zero-order valence-electron chi connectivity index (χ0n) is 13.2. The van der Waals surface area contributed by atoms with Crippen molar-refractivity contribution in [1.82, 2.24) is 0 Å². The molecule has 2 N–H and O–H groups in total. The van der Waals surface area contributed by atoms with Gasteiger partial charge in [0.25, 0.3) is 0 Å². The Bertz CT molecular complexity index is 591. The van der Waals surface area contributed by atoms with Crippen molar-refractivity contribution in [2.75, 3.05) is 0 Å². The summed E-state index contributed by atoms with van der Waals surface area (Å²) in [7, 11) is -3.69. The van der Waals surface area contributed by atoms with Crippen LogP contribution in [0.4, 0.5) is 0 Å². The maximum Gasteiger partial charge on any atom is 0.238 e. The lowest BCUT2D eigenvalue weighted by atomic mass is 9.82. The molecule has 2 rings (SSSR count). The molecular formula is C16H25NO3S. The standard InChI is InChI=1S/C16H25NO3S/c1-10-5-11(2)7-14(6-10)20-15-8-12(3)16(13(4)9-15)21(17,18)19/h8-11,14H,5-7H2,1-4H3,(H2,17,18,19). The monoisotopic (exact) mass is 311 g/mol. The van der Waals surface area contributed by atoms with Gasteiger partial charge in [-0.05, 0) is 68.2 Å². The van der Waals surface area contributed by atoms with Crippen molar-refractivity contribution in [3.63, 3.8) is 0 Å². The van der Waals surface area contributed by atoms with Crippen molar-refractivity contribution in [2.24, 2.45) is 17.0 Å². The number of hydrogen-bond donors (Lipinski definition) is 1. The minimum absolute atomic E-state index is 0.209. The normalized spacial score (nSPS) is 26.6. The Hall–Kier alpha value is -1.07. The van der Waals surface area contributed by atoms with Gasteiger partial charge in [-0.25, -0.2) is 13.6 Å². The molecule has 1 aromatic carbocycles. The van der Waals surface area contributed by atoms with Gasteiger partial charge in [0, 0.05) is 0 Å². The second-order valence-electron chi connectivity index (χ2n) is 6.59. The van der Waals surface area contributed by atoms with Crippen LogP contribution in [0.1, 0.15) is 44.2 Å². The summed E-state index contributed by atoms with van der Waals surface area (Å²) in [5, 5.41) is 5.26. The van der Waals surface area contributed by atoms with Crippen molar-refractivity contribution < 1.29 is 13.2 Å². The predicted molar refractivity (Wildman–Crippen MR) is 83.9 cm³/mol. The summed E-state index contributed by atoms with van der Waals surface area (Å²) in [5.41, 5.74) is 1.29. The fourth-order valence-corrected chi connectivity index (χ4v) is 4.60. The van der Waals surface area contributed by atoms with Crippen LogP contribution in [-0.2, 0) is 10.0 Å². The highest BCUT2D eigenvalue weighted by Crippen LogP contribution is 2.32. The summed E-state index contributed by atoms with van der Waals surface area (Å²) in [4.78, 5) is 0.209. The molecular weight excluding hydrogens is 286 g/mol. The summed E-state index contributed by atoms with van der Waals surface area (Å²) in [6.07, 6.45) is 3.57. The summed E-state index contributed by atoms with van der Waals surface area (Å²) >= 11 is 0. The molecule has 1 aliphatic carbocycles. The first kappa shape index (κ1) is 16.3. The number of rotatable bonds is 3. The number of sulfonamides is 1. The van der Waals surface area contributed by atoms with E-state index in [1.54, 1.807) is 26.0 Å². The van der Waals surface area contributed by atoms with Crippen LogP contribution in [-0.4, -0.2) is 14.5 Å². The van der Waals surface area contributed by atoms with Crippen LogP contribution >= 0.6 is 0 Å². The maximum absolute atomic E-state index is 11.6. The van der Waals surface area contributed by atoms with E-state index in [1.165, 1.54) is 6.42 Å². The van der Waals surface area contributed by atoms with Gasteiger partial charge in [-0.1, -0.05) is 13.8 Å². The van der Waals surface area contributed by atoms with Crippen molar-refractivity contribution in [3.05, 3.63) is 23.3 Å². The Morgan fingerprint density at radius 3 is 1.95 bits per heavy atom. The molecule has 0 amide bonds. The zero-order valence-corrected chi connectivity index (χ0v) is 14.0. The lowest BCUT2D eigenvalue weighted by Gasteiger charge is -2.32. The molecule has 0 aromatic heterocycles. The number of benzene rings is 1. The quantitative estimate of drug-likeness (QED) is 0.932. The molecule has 2 unspecified atom stereocenters. The van der Waals surface area contributed by atoms with Crippen LogP contribution in [0.5, 0.6) is 5.75 Å². The second kappa shape index (κ2) is 5.97. The molecule has 0 heterocycles. The van der Waals surface area contributed by atoms with Gasteiger partial charge in [-0.2, -0.15) is 0 Å². The minimum atomic E-state index is -3.69. The third kappa shape index (κ3) is 3.98. The predicted octanol–water partition coefficient (Wildman–Crippen LogP) is 3.15. The van der Waals surface area contributed by atoms with Crippen molar-refractivity contribution in [1.29, 1.82) is 0 Å². The van der Waals surface area contributed by atoms with Crippen LogP contribution in [0.25, 0.3) is 0 Å². The molecule has 21 heavy (non-hydrogen) atoms. The molecule has 0 saturated heterocycles. The summed E-state index contributed by atoms with van der Waals surface area (Å²) in [6, 6.07) is 3.55. The van der Waals surface area contributed by atoms with Crippen LogP contribution in [0.2, 0.25) is 0 Å². The molecule has 4 nitrogen and oxygen atoms in total. The van der Waals surface area contributed by atoms with E-state index >= 15 is 0 Å². The lowest BCUT2D eigenvalue weighted by molar-refractivity contribution is 0.101. The number of nitrogens with two attached hydrogens (primary N) is 1. The summed E-state index contributed by atoms with van der Waals surface area (Å²) in [6.45, 7) is 8.02. The van der Waals surface area contributed by atoms with E-state index in [0.717, 1.165) is 18.6 Å². The Kier molecular flexibility index (Phi) is 4.63. The van der Waals surface area contributed by atoms with E-state index in [4.69, 9.17) is 9.88 Å². The molecule has 0 bridgehead atoms. The van der Waals surface area contributed by atoms with Crippen molar-refractivity contribution >= 4 is 10.0 Å². The van der Waals surface area contributed by atoms with Gasteiger partial charge in [-0.15, -0.1) is 0 Å². The van der Waals surface area contributed by atoms with Gasteiger partial charge in [0.05, 0.1) is 11.0 Å². The largest absolute Gasteiger partial charge is 0.490 e. The highest BCUT2D eigenvalue weighted by atomic mass is 32.2. The van der Waals surface area contributed by atoms with Gasteiger partial charge < -0.3 is 4.74 Å². The lowest BCUT2D eigenvalue weighted by Crippen LogP contribution is -2.28. The van der Waals surface area contributed by atoms with Gasteiger partial charge >= 0.3 is 0 Å². The Balaban J connectivity index is 2.23. The summed E-state index contributed by atoms with van der Waals surface area (Å²) < 4.78 is 29.3. The molecule has 2 atom stereocenters. The molecule has 5 heteroatoms. The highest BCUT2D eigenvalue weighted by molar-refractivity contribution is 7.89. The SMILES string of the molecule is Cc1cc(OC2CC(C)CC(C)C2)cc(C)c1S(N)(=O)=O. The maximum atomic E-state index is 11.6. The average Bonchev–Trinajstić information content (AvgIpc) is 2.23. The molecule has 1 saturated carbocycles. The number of primary sulfonamides is 1. The minimum Gasteiger partial charge on any atom is -0.490 e. The van der Waals surface area contributed by atoms with Crippen LogP contribution in [0, 0.1) is 25.7 Å². The van der Waals surface area contributed by atoms with E-state index in [9.17, 15) is 8.42 Å². The van der Waals surface area contributed by atoms with Gasteiger partial charge in [0.2, 0.25) is 10.0 Å². The van der Waals surface area contributed by atoms with E-state index in [1.807, 2.05) is 0 Å². The van der Waals surface area contributed by atoms with E-state index in [2.05, 4.69) is 13.8 Å². The first-order valence-corrected chi connectivity index (χ1v) is 9.02. The third-order valence-corrected chi connectivity index (χ3v) is 5.37. The van der Waals surface area contributed by atoms with Crippen molar-refractivity contribution in [3.8, 4) is 5.75 Å². The fourth-order valence-electron chi connectivity index (χ4n) is 3.59. The number of hydrogen-bond acceptors (Lipinski definition) is 3. The molecule has 1 aliphatic rings. The van der Waals surface area contributed by atoms with Crippen LogP contribution in [0.3, 0.4) is 0 Å². The number of ether oxygens (including phenoxy) is 1. The van der Waals surface area contributed by atoms with Crippen LogP contribution in [0.15, 0.2) is 17.0 Å². The first-order valence-electron chi connectivity index (χ1n) is 7.47. The van der Waals surface area contributed by atoms with E-state index in [0.29, 0.717) is 23.0 Å². The Morgan fingerprint density at radius 1 is 1.05 bits per heavy atom. The molecule has 0 spiro atoms. The second-order valence-corrected chi connectivity index (χ2v) is 8.09. The van der Waals surface area contributed by atoms with Gasteiger partial charge in [-0.3, -0.25) is 0 Å². The summed E-state index contributed by atoms with van der Waals surface area (Å²) in [5.74, 6) is 2.08. The Morgan fingerprint density at radius 2 is 1.52 bits per heavy atom. The zero-order chi connectivity index (χ0) is 15.8. The van der Waals surface area contributed by atoms with E-state index in [-0.39, 0.29) is 11.0 Å². The third-order valence-electron chi connectivity index (χ3n) is 4.16. The van der Waals surface area contributed by atoms with E-state index < -0.39 is 10.0 Å². The average molecular weight is 311 g/mol. The van der Waals surface area contributed by atoms with Crippen LogP contribution < -0.4 is 9.88 Å². The first-order chi connectivity index (χ1) is 9.66. The number of aryl methyl sites for hydroxylation is 2. The van der Waals surface area contributed by atoms with Gasteiger partial charge in [0.1, 0.15) is 5.75 Å². The molecule has 1 fully saturated rings. The highest BCUT2D eigenvalue weighted by Gasteiger charge is 2.26.